The van der Waals surface area contributed by atoms with Gasteiger partial charge < -0.3 is 16.2 Å². The summed E-state index contributed by atoms with van der Waals surface area (Å²) in [6, 6.07) is -1.90. The maximum Gasteiger partial charge on any atom is 0.460 e. The normalized spacial score (nSPS) is 14.8. The van der Waals surface area contributed by atoms with E-state index in [0.29, 0.717) is 12.1 Å². The van der Waals surface area contributed by atoms with E-state index in [-0.39, 0.29) is 15.8 Å². The van der Waals surface area contributed by atoms with Gasteiger partial charge in [-0.2, -0.15) is 48.3 Å². The third-order valence-corrected chi connectivity index (χ3v) is 3.59. The molecule has 1 aromatic carbocycles. The molecule has 27 heavy (non-hydrogen) atoms. The minimum atomic E-state index is -7.39. The highest BCUT2D eigenvalue weighted by atomic mass is 79.9. The molecule has 0 spiro atoms. The molecule has 0 amide bonds. The molecule has 0 saturated heterocycles. The number of rotatable bonds is 5. The number of nitrogen functional groups attached to an aromatic ring is 2. The van der Waals surface area contributed by atoms with Crippen molar-refractivity contribution in [3.8, 4) is 5.75 Å². The van der Waals surface area contributed by atoms with Crippen molar-refractivity contribution in [1.82, 2.24) is 0 Å². The Morgan fingerprint density at radius 1 is 0.852 bits per heavy atom. The van der Waals surface area contributed by atoms with Crippen LogP contribution < -0.4 is 16.2 Å². The molecule has 0 heterocycles. The Hall–Kier alpha value is -1.93. The molecule has 0 atom stereocenters. The highest BCUT2D eigenvalue weighted by Crippen LogP contribution is 2.55. The lowest BCUT2D eigenvalue weighted by Gasteiger charge is -2.32. The third kappa shape index (κ3) is 3.87. The molecule has 0 aliphatic rings. The van der Waals surface area contributed by atoms with Crippen molar-refractivity contribution in [3.63, 3.8) is 0 Å². The highest BCUT2D eigenvalue weighted by molar-refractivity contribution is 9.10. The molecule has 154 valence electrons. The average Bonchev–Trinajstić information content (AvgIpc) is 2.50. The number of hydrogen-bond acceptors (Lipinski definition) is 3. The van der Waals surface area contributed by atoms with Gasteiger partial charge in [-0.3, -0.25) is 0 Å². The zero-order valence-electron chi connectivity index (χ0n) is 12.3. The Kier molecular flexibility index (Phi) is 5.91. The third-order valence-electron chi connectivity index (χ3n) is 2.94. The first-order valence-corrected chi connectivity index (χ1v) is 6.95. The van der Waals surface area contributed by atoms with E-state index in [0.717, 1.165) is 0 Å². The molecule has 0 aliphatic heterocycles. The second-order valence-electron chi connectivity index (χ2n) is 4.82. The Morgan fingerprint density at radius 3 is 1.74 bits per heavy atom. The van der Waals surface area contributed by atoms with Crippen LogP contribution in [0.2, 0.25) is 0 Å². The zero-order chi connectivity index (χ0) is 21.6. The summed E-state index contributed by atoms with van der Waals surface area (Å²) in [5.41, 5.74) is 10.1. The molecule has 1 aromatic rings. The lowest BCUT2D eigenvalue weighted by atomic mass is 10.0. The standard InChI is InChI=1S/C12H6BrF11N2O/c13-4-1-3(2-5(25)6(4)26)27-8(15)7(14)9(16,17)10(18,19)11(20,21)12(22,23)24/h1-2H,25-26H2. The van der Waals surface area contributed by atoms with Crippen molar-refractivity contribution in [1.29, 1.82) is 0 Å². The van der Waals surface area contributed by atoms with Gasteiger partial charge in [0.05, 0.1) is 11.4 Å². The fourth-order valence-electron chi connectivity index (χ4n) is 1.46. The molecule has 0 fully saturated rings. The number of hydrogen-bond donors (Lipinski definition) is 2. The smallest absolute Gasteiger partial charge is 0.430 e. The molecule has 0 radical (unpaired) electrons. The van der Waals surface area contributed by atoms with E-state index in [1.165, 1.54) is 0 Å². The van der Waals surface area contributed by atoms with E-state index in [4.69, 9.17) is 11.5 Å². The number of nitrogens with two attached hydrogens (primary N) is 2. The average molecular weight is 483 g/mol. The van der Waals surface area contributed by atoms with E-state index in [9.17, 15) is 48.3 Å². The van der Waals surface area contributed by atoms with Gasteiger partial charge in [-0.1, -0.05) is 0 Å². The molecule has 0 unspecified atom stereocenters. The number of benzene rings is 1. The molecule has 1 rings (SSSR count). The molecule has 0 aromatic heterocycles. The van der Waals surface area contributed by atoms with Crippen LogP contribution in [0.25, 0.3) is 0 Å². The first-order valence-electron chi connectivity index (χ1n) is 6.16. The van der Waals surface area contributed by atoms with Crippen molar-refractivity contribution in [2.24, 2.45) is 0 Å². The number of allylic oxidation sites excluding steroid dienone is 1. The molecular weight excluding hydrogens is 477 g/mol. The van der Waals surface area contributed by atoms with Crippen LogP contribution in [0.5, 0.6) is 5.75 Å². The minimum absolute atomic E-state index is 0.147. The Balaban J connectivity index is 3.36. The molecule has 3 nitrogen and oxygen atoms in total. The van der Waals surface area contributed by atoms with Crippen LogP contribution in [0, 0.1) is 0 Å². The summed E-state index contributed by atoms with van der Waals surface area (Å²) in [4.78, 5) is 0. The largest absolute Gasteiger partial charge is 0.460 e. The summed E-state index contributed by atoms with van der Waals surface area (Å²) in [6.07, 6.45) is -7.19. The van der Waals surface area contributed by atoms with Crippen LogP contribution >= 0.6 is 15.9 Å². The zero-order valence-corrected chi connectivity index (χ0v) is 13.8. The van der Waals surface area contributed by atoms with Gasteiger partial charge in [0.2, 0.25) is 5.83 Å². The summed E-state index contributed by atoms with van der Waals surface area (Å²) in [7, 11) is 0. The fraction of sp³-hybridized carbons (Fsp3) is 0.333. The summed E-state index contributed by atoms with van der Waals surface area (Å²) in [5, 5.41) is 0. The molecule has 0 saturated carbocycles. The predicted molar refractivity (Wildman–Crippen MR) is 73.7 cm³/mol. The summed E-state index contributed by atoms with van der Waals surface area (Å²) in [6.45, 7) is 0. The van der Waals surface area contributed by atoms with Gasteiger partial charge in [-0.15, -0.1) is 0 Å². The molecule has 15 heteroatoms. The van der Waals surface area contributed by atoms with Crippen LogP contribution in [0.4, 0.5) is 59.7 Å². The van der Waals surface area contributed by atoms with Crippen LogP contribution in [-0.2, 0) is 0 Å². The van der Waals surface area contributed by atoms with Gasteiger partial charge in [-0.05, 0) is 22.0 Å². The molecule has 0 bridgehead atoms. The maximum atomic E-state index is 13.4. The molecule has 4 N–H and O–H groups in total. The quantitative estimate of drug-likeness (QED) is 0.327. The molecule has 0 aliphatic carbocycles. The first-order chi connectivity index (χ1) is 11.9. The first kappa shape index (κ1) is 23.1. The van der Waals surface area contributed by atoms with E-state index in [1.807, 2.05) is 0 Å². The lowest BCUT2D eigenvalue weighted by Crippen LogP contribution is -2.61. The number of alkyl halides is 9. The van der Waals surface area contributed by atoms with Crippen molar-refractivity contribution < 1.29 is 53.0 Å². The lowest BCUT2D eigenvalue weighted by molar-refractivity contribution is -0.392. The van der Waals surface area contributed by atoms with Gasteiger partial charge in [0.25, 0.3) is 0 Å². The fourth-order valence-corrected chi connectivity index (χ4v) is 1.91. The summed E-state index contributed by atoms with van der Waals surface area (Å²) in [5.74, 6) is -26.6. The Morgan fingerprint density at radius 2 is 1.33 bits per heavy atom. The van der Waals surface area contributed by atoms with Gasteiger partial charge in [0.15, 0.2) is 0 Å². The van der Waals surface area contributed by atoms with Crippen molar-refractivity contribution in [2.45, 2.75) is 23.9 Å². The topological polar surface area (TPSA) is 61.3 Å². The van der Waals surface area contributed by atoms with E-state index >= 15 is 0 Å². The van der Waals surface area contributed by atoms with Crippen LogP contribution in [0.1, 0.15) is 0 Å². The van der Waals surface area contributed by atoms with Gasteiger partial charge in [-0.25, -0.2) is 0 Å². The highest BCUT2D eigenvalue weighted by Gasteiger charge is 2.83. The van der Waals surface area contributed by atoms with Crippen LogP contribution in [0.15, 0.2) is 28.4 Å². The number of halogens is 12. The van der Waals surface area contributed by atoms with Gasteiger partial charge >= 0.3 is 30.0 Å². The Labute approximate surface area is 150 Å². The van der Waals surface area contributed by atoms with Gasteiger partial charge in [0.1, 0.15) is 5.75 Å². The predicted octanol–water partition coefficient (Wildman–Crippen LogP) is 5.57. The second-order valence-corrected chi connectivity index (χ2v) is 5.67. The Bertz CT molecular complexity index is 737. The summed E-state index contributed by atoms with van der Waals surface area (Å²) < 4.78 is 144. The monoisotopic (exact) mass is 482 g/mol. The van der Waals surface area contributed by atoms with E-state index in [1.54, 1.807) is 0 Å². The minimum Gasteiger partial charge on any atom is -0.430 e. The van der Waals surface area contributed by atoms with Gasteiger partial charge in [0, 0.05) is 10.5 Å². The number of anilines is 2. The van der Waals surface area contributed by atoms with E-state index in [2.05, 4.69) is 20.7 Å². The number of ether oxygens (including phenoxy) is 1. The van der Waals surface area contributed by atoms with Crippen molar-refractivity contribution >= 4 is 27.3 Å². The molecular formula is C12H6BrF11N2O. The maximum absolute atomic E-state index is 13.4. The summed E-state index contributed by atoms with van der Waals surface area (Å²) >= 11 is 2.73. The van der Waals surface area contributed by atoms with E-state index < -0.39 is 41.5 Å². The SMILES string of the molecule is Nc1cc(OC(F)=C(F)C(F)(F)C(F)(F)C(F)(F)C(F)(F)F)cc(Br)c1N. The van der Waals surface area contributed by atoms with Crippen molar-refractivity contribution in [3.05, 3.63) is 28.4 Å². The second kappa shape index (κ2) is 6.91. The van der Waals surface area contributed by atoms with Crippen molar-refractivity contribution in [2.75, 3.05) is 11.5 Å². The van der Waals surface area contributed by atoms with Crippen LogP contribution in [-0.4, -0.2) is 23.9 Å². The van der Waals surface area contributed by atoms with Crippen LogP contribution in [0.3, 0.4) is 0 Å².